The Morgan fingerprint density at radius 1 is 0.240 bits per heavy atom. The van der Waals surface area contributed by atoms with E-state index in [4.69, 9.17) is 9.97 Å². The van der Waals surface area contributed by atoms with Crippen LogP contribution >= 0.6 is 0 Å². The summed E-state index contributed by atoms with van der Waals surface area (Å²) >= 11 is 0. The molecule has 234 valence electrons. The van der Waals surface area contributed by atoms with Crippen LogP contribution in [0.5, 0.6) is 0 Å². The molecule has 0 aliphatic rings. The van der Waals surface area contributed by atoms with Gasteiger partial charge >= 0.3 is 0 Å². The molecule has 2 heterocycles. The quantitative estimate of drug-likeness (QED) is 0.170. The average molecular weight is 637 g/mol. The Morgan fingerprint density at radius 2 is 0.520 bits per heavy atom. The third kappa shape index (κ3) is 5.53. The summed E-state index contributed by atoms with van der Waals surface area (Å²) in [6.45, 7) is 0. The molecule has 2 nitrogen and oxygen atoms in total. The van der Waals surface area contributed by atoms with E-state index in [1.54, 1.807) is 0 Å². The van der Waals surface area contributed by atoms with Crippen LogP contribution in [0.4, 0.5) is 0 Å². The van der Waals surface area contributed by atoms with E-state index in [-0.39, 0.29) is 0 Å². The molecule has 0 amide bonds. The van der Waals surface area contributed by atoms with E-state index < -0.39 is 0 Å². The lowest BCUT2D eigenvalue weighted by molar-refractivity contribution is 1.36. The number of hydrogen-bond donors (Lipinski definition) is 0. The molecule has 0 N–H and O–H groups in total. The number of pyridine rings is 2. The van der Waals surface area contributed by atoms with Crippen LogP contribution in [0, 0.1) is 0 Å². The highest BCUT2D eigenvalue weighted by molar-refractivity contribution is 6.13. The first kappa shape index (κ1) is 29.5. The summed E-state index contributed by atoms with van der Waals surface area (Å²) in [5, 5.41) is 2.15. The van der Waals surface area contributed by atoms with E-state index >= 15 is 0 Å². The fraction of sp³-hybridized carbons (Fsp3) is 0. The number of nitrogens with zero attached hydrogens (tertiary/aromatic N) is 2. The monoisotopic (exact) mass is 636 g/mol. The molecule has 0 unspecified atom stereocenters. The van der Waals surface area contributed by atoms with E-state index in [1.165, 1.54) is 22.3 Å². The maximum atomic E-state index is 5.39. The number of fused-ring (bicyclic) bond motifs is 3. The minimum absolute atomic E-state index is 0.894. The number of benzene rings is 7. The van der Waals surface area contributed by atoms with Crippen LogP contribution in [0.3, 0.4) is 0 Å². The summed E-state index contributed by atoms with van der Waals surface area (Å²) in [5.41, 5.74) is 15.1. The Morgan fingerprint density at radius 3 is 0.860 bits per heavy atom. The van der Waals surface area contributed by atoms with Gasteiger partial charge in [0.1, 0.15) is 0 Å². The normalized spacial score (nSPS) is 11.2. The van der Waals surface area contributed by atoms with Gasteiger partial charge in [0.25, 0.3) is 0 Å². The largest absolute Gasteiger partial charge is 0.245 e. The Hall–Kier alpha value is -6.64. The van der Waals surface area contributed by atoms with Gasteiger partial charge < -0.3 is 0 Å². The summed E-state index contributed by atoms with van der Waals surface area (Å²) < 4.78 is 0. The second-order valence-electron chi connectivity index (χ2n) is 12.6. The third-order valence-electron chi connectivity index (χ3n) is 9.50. The molecule has 9 aromatic rings. The fourth-order valence-electron chi connectivity index (χ4n) is 6.91. The van der Waals surface area contributed by atoms with Crippen molar-refractivity contribution in [1.29, 1.82) is 0 Å². The van der Waals surface area contributed by atoms with E-state index in [0.29, 0.717) is 0 Å². The number of aromatic nitrogens is 2. The van der Waals surface area contributed by atoms with Crippen molar-refractivity contribution in [3.05, 3.63) is 194 Å². The first-order valence-electron chi connectivity index (χ1n) is 17.0. The van der Waals surface area contributed by atoms with Crippen LogP contribution in [0.2, 0.25) is 0 Å². The minimum Gasteiger partial charge on any atom is -0.245 e. The molecule has 0 saturated carbocycles. The zero-order chi connectivity index (χ0) is 33.3. The summed E-state index contributed by atoms with van der Waals surface area (Å²) in [7, 11) is 0. The molecular formula is C48H32N2. The van der Waals surface area contributed by atoms with Crippen LogP contribution < -0.4 is 0 Å². The number of rotatable bonds is 6. The van der Waals surface area contributed by atoms with Crippen molar-refractivity contribution in [3.63, 3.8) is 0 Å². The van der Waals surface area contributed by atoms with Crippen molar-refractivity contribution >= 4 is 21.8 Å². The molecule has 0 fully saturated rings. The number of hydrogen-bond acceptors (Lipinski definition) is 2. The predicted molar refractivity (Wildman–Crippen MR) is 210 cm³/mol. The summed E-state index contributed by atoms with van der Waals surface area (Å²) in [6, 6.07) is 68.6. The predicted octanol–water partition coefficient (Wildman–Crippen LogP) is 12.8. The van der Waals surface area contributed by atoms with Crippen molar-refractivity contribution in [2.75, 3.05) is 0 Å². The highest BCUT2D eigenvalue weighted by Crippen LogP contribution is 2.40. The van der Waals surface area contributed by atoms with Crippen molar-refractivity contribution in [1.82, 2.24) is 9.97 Å². The van der Waals surface area contributed by atoms with Gasteiger partial charge in [-0.05, 0) is 56.6 Å². The summed E-state index contributed by atoms with van der Waals surface area (Å²) in [4.78, 5) is 10.8. The Balaban J connectivity index is 1.29. The first-order valence-corrected chi connectivity index (χ1v) is 17.0. The van der Waals surface area contributed by atoms with Crippen molar-refractivity contribution in [2.24, 2.45) is 0 Å². The molecule has 2 aromatic heterocycles. The third-order valence-corrected chi connectivity index (χ3v) is 9.50. The van der Waals surface area contributed by atoms with Crippen LogP contribution in [0.1, 0.15) is 0 Å². The minimum atomic E-state index is 0.894. The lowest BCUT2D eigenvalue weighted by atomic mass is 9.92. The van der Waals surface area contributed by atoms with Crippen molar-refractivity contribution in [2.45, 2.75) is 0 Å². The van der Waals surface area contributed by atoms with Gasteiger partial charge in [-0.1, -0.05) is 182 Å². The second kappa shape index (κ2) is 12.8. The molecule has 0 radical (unpaired) electrons. The van der Waals surface area contributed by atoms with E-state index in [0.717, 1.165) is 66.6 Å². The van der Waals surface area contributed by atoms with Gasteiger partial charge in [-0.3, -0.25) is 0 Å². The molecular weight excluding hydrogens is 605 g/mol. The van der Waals surface area contributed by atoms with E-state index in [9.17, 15) is 0 Å². The summed E-state index contributed by atoms with van der Waals surface area (Å²) in [5.74, 6) is 0. The molecule has 0 bridgehead atoms. The Labute approximate surface area is 292 Å². The molecule has 2 heteroatoms. The van der Waals surface area contributed by atoms with Gasteiger partial charge in [0, 0.05) is 21.9 Å². The first-order chi connectivity index (χ1) is 24.8. The molecule has 0 atom stereocenters. The maximum absolute atomic E-state index is 5.39. The lowest BCUT2D eigenvalue weighted by Gasteiger charge is -2.16. The molecule has 0 aliphatic carbocycles. The van der Waals surface area contributed by atoms with Gasteiger partial charge in [-0.25, -0.2) is 9.97 Å². The standard InChI is InChI=1S/C48H32N2/c1-5-13-33(14-6-1)35-21-25-37(26-22-35)43-31-45(39-17-9-3-10-18-39)49-47-41(43)29-30-42-44(32-46(50-48(42)47)40-19-11-4-12-20-40)38-27-23-36(24-28-38)34-15-7-2-8-16-34/h1-32H. The van der Waals surface area contributed by atoms with Gasteiger partial charge in [0.15, 0.2) is 0 Å². The maximum Gasteiger partial charge on any atom is 0.0978 e. The van der Waals surface area contributed by atoms with Gasteiger partial charge in [0.05, 0.1) is 22.4 Å². The van der Waals surface area contributed by atoms with Gasteiger partial charge in [-0.2, -0.15) is 0 Å². The Kier molecular flexibility index (Phi) is 7.53. The van der Waals surface area contributed by atoms with Gasteiger partial charge in [0.2, 0.25) is 0 Å². The molecule has 7 aromatic carbocycles. The smallest absolute Gasteiger partial charge is 0.0978 e. The van der Waals surface area contributed by atoms with E-state index in [2.05, 4.69) is 182 Å². The van der Waals surface area contributed by atoms with Crippen LogP contribution in [-0.2, 0) is 0 Å². The highest BCUT2D eigenvalue weighted by Gasteiger charge is 2.17. The van der Waals surface area contributed by atoms with Crippen LogP contribution in [0.15, 0.2) is 194 Å². The van der Waals surface area contributed by atoms with Crippen LogP contribution in [-0.4, -0.2) is 9.97 Å². The lowest BCUT2D eigenvalue weighted by Crippen LogP contribution is -1.95. The molecule has 0 spiro atoms. The molecule has 9 rings (SSSR count). The van der Waals surface area contributed by atoms with E-state index in [1.807, 2.05) is 12.1 Å². The zero-order valence-electron chi connectivity index (χ0n) is 27.4. The average Bonchev–Trinajstić information content (AvgIpc) is 3.21. The molecule has 0 saturated heterocycles. The van der Waals surface area contributed by atoms with Gasteiger partial charge in [-0.15, -0.1) is 0 Å². The van der Waals surface area contributed by atoms with Crippen molar-refractivity contribution < 1.29 is 0 Å². The Bertz CT molecular complexity index is 2390. The summed E-state index contributed by atoms with van der Waals surface area (Å²) in [6.07, 6.45) is 0. The fourth-order valence-corrected chi connectivity index (χ4v) is 6.91. The van der Waals surface area contributed by atoms with Crippen LogP contribution in [0.25, 0.3) is 88.8 Å². The zero-order valence-corrected chi connectivity index (χ0v) is 27.4. The molecule has 50 heavy (non-hydrogen) atoms. The SMILES string of the molecule is c1ccc(-c2ccc(-c3cc(-c4ccccc4)nc4c3ccc3c(-c5ccc(-c6ccccc6)cc5)cc(-c5ccccc5)nc34)cc2)cc1. The topological polar surface area (TPSA) is 25.8 Å². The molecule has 0 aliphatic heterocycles. The highest BCUT2D eigenvalue weighted by atomic mass is 14.8. The van der Waals surface area contributed by atoms with Crippen molar-refractivity contribution in [3.8, 4) is 67.0 Å². The second-order valence-corrected chi connectivity index (χ2v) is 12.6.